The number of aromatic nitrogens is 2. The van der Waals surface area contributed by atoms with Gasteiger partial charge >= 0.3 is 0 Å². The molecule has 1 aliphatic rings. The number of fused-ring (bicyclic) bond motifs is 1. The Morgan fingerprint density at radius 3 is 2.94 bits per heavy atom. The first-order valence-corrected chi connectivity index (χ1v) is 6.84. The van der Waals surface area contributed by atoms with Crippen LogP contribution in [0.2, 0.25) is 0 Å². The summed E-state index contributed by atoms with van der Waals surface area (Å²) in [5, 5.41) is 4.77. The molecule has 0 saturated heterocycles. The van der Waals surface area contributed by atoms with Crippen molar-refractivity contribution in [2.75, 3.05) is 5.73 Å². The number of rotatable bonds is 2. The van der Waals surface area contributed by atoms with Crippen LogP contribution in [-0.2, 0) is 19.3 Å². The Bertz CT molecular complexity index is 544. The molecule has 2 N–H and O–H groups in total. The predicted molar refractivity (Wildman–Crippen MR) is 68.0 cm³/mol. The molecule has 1 aliphatic carbocycles. The minimum atomic E-state index is 0.596. The SMILES string of the molecule is CCc1noc(-c2c(N)sc3c2CCCC3)n1. The van der Waals surface area contributed by atoms with Crippen molar-refractivity contribution in [3.05, 3.63) is 16.3 Å². The minimum Gasteiger partial charge on any atom is -0.390 e. The molecule has 17 heavy (non-hydrogen) atoms. The van der Waals surface area contributed by atoms with Crippen LogP contribution < -0.4 is 5.73 Å². The molecule has 0 unspecified atom stereocenters. The molecule has 5 heteroatoms. The fraction of sp³-hybridized carbons (Fsp3) is 0.500. The second-order valence-electron chi connectivity index (χ2n) is 4.32. The maximum absolute atomic E-state index is 6.09. The lowest BCUT2D eigenvalue weighted by Gasteiger charge is -2.10. The van der Waals surface area contributed by atoms with Gasteiger partial charge < -0.3 is 10.3 Å². The molecule has 0 amide bonds. The van der Waals surface area contributed by atoms with Gasteiger partial charge in [0.25, 0.3) is 5.89 Å². The number of hydrogen-bond donors (Lipinski definition) is 1. The zero-order valence-electron chi connectivity index (χ0n) is 9.82. The highest BCUT2D eigenvalue weighted by Crippen LogP contribution is 2.41. The van der Waals surface area contributed by atoms with Crippen molar-refractivity contribution in [3.8, 4) is 11.5 Å². The molecule has 2 heterocycles. The highest BCUT2D eigenvalue weighted by Gasteiger charge is 2.23. The number of hydrogen-bond acceptors (Lipinski definition) is 5. The van der Waals surface area contributed by atoms with Gasteiger partial charge in [-0.25, -0.2) is 0 Å². The van der Waals surface area contributed by atoms with Crippen molar-refractivity contribution in [1.29, 1.82) is 0 Å². The maximum atomic E-state index is 6.09. The molecule has 0 spiro atoms. The van der Waals surface area contributed by atoms with Crippen molar-refractivity contribution in [2.24, 2.45) is 0 Å². The predicted octanol–water partition coefficient (Wildman–Crippen LogP) is 2.82. The van der Waals surface area contributed by atoms with E-state index in [2.05, 4.69) is 10.1 Å². The summed E-state index contributed by atoms with van der Waals surface area (Å²) in [5.74, 6) is 1.34. The van der Waals surface area contributed by atoms with Crippen molar-refractivity contribution < 1.29 is 4.52 Å². The standard InChI is InChI=1S/C12H15N3OS/c1-2-9-14-12(16-15-9)10-7-5-3-4-6-8(7)17-11(10)13/h2-6,13H2,1H3. The fourth-order valence-electron chi connectivity index (χ4n) is 2.32. The average molecular weight is 249 g/mol. The van der Waals surface area contributed by atoms with Gasteiger partial charge in [0, 0.05) is 11.3 Å². The van der Waals surface area contributed by atoms with Crippen molar-refractivity contribution in [1.82, 2.24) is 10.1 Å². The Hall–Kier alpha value is -1.36. The maximum Gasteiger partial charge on any atom is 0.261 e. The molecule has 0 saturated carbocycles. The first kappa shape index (κ1) is 10.8. The van der Waals surface area contributed by atoms with Gasteiger partial charge in [0.15, 0.2) is 5.82 Å². The normalized spacial score (nSPS) is 14.9. The van der Waals surface area contributed by atoms with Crippen LogP contribution in [0.25, 0.3) is 11.5 Å². The third-order valence-electron chi connectivity index (χ3n) is 3.20. The zero-order chi connectivity index (χ0) is 11.8. The lowest BCUT2D eigenvalue weighted by atomic mass is 9.95. The number of anilines is 1. The van der Waals surface area contributed by atoms with E-state index >= 15 is 0 Å². The second kappa shape index (κ2) is 4.14. The van der Waals surface area contributed by atoms with Crippen molar-refractivity contribution >= 4 is 16.3 Å². The lowest BCUT2D eigenvalue weighted by molar-refractivity contribution is 0.423. The molecule has 3 rings (SSSR count). The van der Waals surface area contributed by atoms with Crippen molar-refractivity contribution in [2.45, 2.75) is 39.0 Å². The number of nitrogens with two attached hydrogens (primary N) is 1. The molecular weight excluding hydrogens is 234 g/mol. The van der Waals surface area contributed by atoms with E-state index in [1.807, 2.05) is 6.92 Å². The molecule has 0 radical (unpaired) electrons. The largest absolute Gasteiger partial charge is 0.390 e. The lowest BCUT2D eigenvalue weighted by Crippen LogP contribution is -1.99. The quantitative estimate of drug-likeness (QED) is 0.888. The first-order valence-electron chi connectivity index (χ1n) is 6.02. The van der Waals surface area contributed by atoms with E-state index in [1.54, 1.807) is 11.3 Å². The molecule has 0 bridgehead atoms. The van der Waals surface area contributed by atoms with Gasteiger partial charge in [-0.3, -0.25) is 0 Å². The van der Waals surface area contributed by atoms with Crippen LogP contribution in [-0.4, -0.2) is 10.1 Å². The Morgan fingerprint density at radius 2 is 2.18 bits per heavy atom. The number of aryl methyl sites for hydroxylation is 2. The molecule has 4 nitrogen and oxygen atoms in total. The second-order valence-corrected chi connectivity index (χ2v) is 5.46. The monoisotopic (exact) mass is 249 g/mol. The number of thiophene rings is 1. The topological polar surface area (TPSA) is 64.9 Å². The Balaban J connectivity index is 2.10. The molecule has 0 aliphatic heterocycles. The summed E-state index contributed by atoms with van der Waals surface area (Å²) >= 11 is 1.68. The summed E-state index contributed by atoms with van der Waals surface area (Å²) in [7, 11) is 0. The number of nitrogen functional groups attached to an aromatic ring is 1. The van der Waals surface area contributed by atoms with Crippen LogP contribution >= 0.6 is 11.3 Å². The summed E-state index contributed by atoms with van der Waals surface area (Å²) in [6.45, 7) is 2.01. The highest BCUT2D eigenvalue weighted by atomic mass is 32.1. The summed E-state index contributed by atoms with van der Waals surface area (Å²) in [6.07, 6.45) is 5.50. The number of nitrogens with zero attached hydrogens (tertiary/aromatic N) is 2. The van der Waals surface area contributed by atoms with E-state index < -0.39 is 0 Å². The van der Waals surface area contributed by atoms with E-state index in [-0.39, 0.29) is 0 Å². The van der Waals surface area contributed by atoms with Gasteiger partial charge in [-0.2, -0.15) is 4.98 Å². The highest BCUT2D eigenvalue weighted by molar-refractivity contribution is 7.16. The molecule has 0 aromatic carbocycles. The van der Waals surface area contributed by atoms with E-state index in [9.17, 15) is 0 Å². The van der Waals surface area contributed by atoms with Gasteiger partial charge in [0.05, 0.1) is 10.6 Å². The van der Waals surface area contributed by atoms with Crippen molar-refractivity contribution in [3.63, 3.8) is 0 Å². The molecule has 90 valence electrons. The van der Waals surface area contributed by atoms with E-state index in [0.717, 1.165) is 35.7 Å². The van der Waals surface area contributed by atoms with Crippen LogP contribution in [0, 0.1) is 0 Å². The van der Waals surface area contributed by atoms with Gasteiger partial charge in [0.1, 0.15) is 0 Å². The van der Waals surface area contributed by atoms with E-state index in [4.69, 9.17) is 10.3 Å². The molecule has 0 fully saturated rings. The van der Waals surface area contributed by atoms with Gasteiger partial charge in [0.2, 0.25) is 0 Å². The minimum absolute atomic E-state index is 0.596. The molecule has 0 atom stereocenters. The van der Waals surface area contributed by atoms with Crippen LogP contribution in [0.3, 0.4) is 0 Å². The summed E-state index contributed by atoms with van der Waals surface area (Å²) < 4.78 is 5.31. The molecule has 2 aromatic rings. The third kappa shape index (κ3) is 1.74. The molecular formula is C12H15N3OS. The first-order chi connectivity index (χ1) is 8.29. The van der Waals surface area contributed by atoms with Crippen LogP contribution in [0.5, 0.6) is 0 Å². The Labute approximate surface area is 104 Å². The van der Waals surface area contributed by atoms with Gasteiger partial charge in [-0.1, -0.05) is 12.1 Å². The van der Waals surface area contributed by atoms with E-state index in [0.29, 0.717) is 5.89 Å². The average Bonchev–Trinajstić information content (AvgIpc) is 2.91. The fourth-order valence-corrected chi connectivity index (χ4v) is 3.47. The van der Waals surface area contributed by atoms with Crippen LogP contribution in [0.4, 0.5) is 5.00 Å². The molecule has 2 aromatic heterocycles. The Kier molecular flexibility index (Phi) is 2.63. The van der Waals surface area contributed by atoms with E-state index in [1.165, 1.54) is 23.3 Å². The van der Waals surface area contributed by atoms with Crippen LogP contribution in [0.15, 0.2) is 4.52 Å². The summed E-state index contributed by atoms with van der Waals surface area (Å²) in [6, 6.07) is 0. The summed E-state index contributed by atoms with van der Waals surface area (Å²) in [4.78, 5) is 5.79. The van der Waals surface area contributed by atoms with Gasteiger partial charge in [-0.05, 0) is 31.2 Å². The third-order valence-corrected chi connectivity index (χ3v) is 4.32. The van der Waals surface area contributed by atoms with Gasteiger partial charge in [-0.15, -0.1) is 11.3 Å². The smallest absolute Gasteiger partial charge is 0.261 e. The summed E-state index contributed by atoms with van der Waals surface area (Å²) in [5.41, 5.74) is 8.43. The zero-order valence-corrected chi connectivity index (χ0v) is 10.6. The Morgan fingerprint density at radius 1 is 1.35 bits per heavy atom. The van der Waals surface area contributed by atoms with Crippen LogP contribution in [0.1, 0.15) is 36.0 Å².